The van der Waals surface area contributed by atoms with Gasteiger partial charge in [-0.1, -0.05) is 30.7 Å². The number of aromatic nitrogens is 3. The Labute approximate surface area is 242 Å². The average molecular weight is 572 g/mol. The number of halogens is 1. The summed E-state index contributed by atoms with van der Waals surface area (Å²) in [4.78, 5) is 45.4. The van der Waals surface area contributed by atoms with Gasteiger partial charge in [-0.15, -0.1) is 0 Å². The van der Waals surface area contributed by atoms with Gasteiger partial charge in [0.2, 0.25) is 0 Å². The highest BCUT2D eigenvalue weighted by Gasteiger charge is 2.24. The van der Waals surface area contributed by atoms with Gasteiger partial charge in [0, 0.05) is 50.7 Å². The predicted molar refractivity (Wildman–Crippen MR) is 159 cm³/mol. The summed E-state index contributed by atoms with van der Waals surface area (Å²) in [5.41, 5.74) is 7.22. The monoisotopic (exact) mass is 571 g/mol. The normalized spacial score (nSPS) is 13.8. The van der Waals surface area contributed by atoms with E-state index < -0.39 is 5.82 Å². The fraction of sp³-hybridized carbons (Fsp3) is 0.323. The van der Waals surface area contributed by atoms with Crippen molar-refractivity contribution in [2.75, 3.05) is 45.0 Å². The van der Waals surface area contributed by atoms with E-state index in [0.717, 1.165) is 49.8 Å². The number of anilines is 1. The lowest BCUT2D eigenvalue weighted by Gasteiger charge is -2.35. The van der Waals surface area contributed by atoms with E-state index in [1.807, 2.05) is 12.1 Å². The Morgan fingerprint density at radius 2 is 1.76 bits per heavy atom. The van der Waals surface area contributed by atoms with E-state index in [2.05, 4.69) is 25.4 Å². The summed E-state index contributed by atoms with van der Waals surface area (Å²) in [6.07, 6.45) is 4.64. The number of aromatic amines is 1. The van der Waals surface area contributed by atoms with Crippen molar-refractivity contribution in [1.29, 1.82) is 0 Å². The Morgan fingerprint density at radius 1 is 0.976 bits per heavy atom. The van der Waals surface area contributed by atoms with E-state index in [1.54, 1.807) is 41.3 Å². The number of pyridine rings is 1. The maximum Gasteiger partial charge on any atom is 0.272 e. The molecule has 0 saturated carbocycles. The number of nitrogen functional groups attached to an aromatic ring is 1. The van der Waals surface area contributed by atoms with Crippen LogP contribution in [-0.2, 0) is 6.42 Å². The largest absolute Gasteiger partial charge is 0.384 e. The third kappa shape index (κ3) is 6.98. The van der Waals surface area contributed by atoms with Crippen LogP contribution in [0.15, 0.2) is 65.6 Å². The maximum absolute atomic E-state index is 14.8. The maximum atomic E-state index is 14.8. The van der Waals surface area contributed by atoms with Crippen molar-refractivity contribution in [3.05, 3.63) is 99.3 Å². The number of rotatable bonds is 10. The van der Waals surface area contributed by atoms with Crippen LogP contribution in [0.1, 0.15) is 51.2 Å². The number of nitrogens with zero attached hydrogens (tertiary/aromatic N) is 4. The number of hydrogen-bond donors (Lipinski definition) is 3. The topological polar surface area (TPSA) is 137 Å². The molecule has 1 fully saturated rings. The van der Waals surface area contributed by atoms with Crippen LogP contribution >= 0.6 is 0 Å². The van der Waals surface area contributed by atoms with Gasteiger partial charge in [0.25, 0.3) is 17.4 Å². The van der Waals surface area contributed by atoms with E-state index in [0.29, 0.717) is 48.5 Å². The summed E-state index contributed by atoms with van der Waals surface area (Å²) in [6.45, 7) is 4.00. The molecule has 0 unspecified atom stereocenters. The summed E-state index contributed by atoms with van der Waals surface area (Å²) in [5.74, 6) is -0.651. The molecule has 0 aliphatic carbocycles. The molecule has 1 aliphatic heterocycles. The Balaban J connectivity index is 1.07. The summed E-state index contributed by atoms with van der Waals surface area (Å²) < 4.78 is 14.8. The standard InChI is InChI=1S/C31H34FN7O3/c32-26-10-8-21(19-27-23-6-2-3-7-24(23)30(41)37-36-27)18-25(26)31(42)39-16-14-38(15-17-39)13-5-1-4-12-34-29(40)22-9-11-28(33)35-20-22/h2-3,6-11,18,20H,1,4-5,12-17,19H2,(H2,33,35)(H,34,40)(H,37,41). The minimum absolute atomic E-state index is 0.0477. The van der Waals surface area contributed by atoms with Gasteiger partial charge in [0.05, 0.1) is 22.2 Å². The van der Waals surface area contributed by atoms with E-state index in [1.165, 1.54) is 12.3 Å². The average Bonchev–Trinajstić information content (AvgIpc) is 3.01. The van der Waals surface area contributed by atoms with Crippen LogP contribution < -0.4 is 16.6 Å². The van der Waals surface area contributed by atoms with Crippen LogP contribution in [0.2, 0.25) is 0 Å². The molecule has 4 aromatic rings. The van der Waals surface area contributed by atoms with Crippen LogP contribution in [0, 0.1) is 5.82 Å². The number of H-pyrrole nitrogens is 1. The van der Waals surface area contributed by atoms with E-state index in [-0.39, 0.29) is 22.9 Å². The van der Waals surface area contributed by atoms with Crippen LogP contribution in [0.4, 0.5) is 10.2 Å². The molecule has 2 aromatic heterocycles. The smallest absolute Gasteiger partial charge is 0.272 e. The summed E-state index contributed by atoms with van der Waals surface area (Å²) in [5, 5.41) is 10.9. The molecule has 5 rings (SSSR count). The number of carbonyl (C=O) groups excluding carboxylic acids is 2. The second-order valence-electron chi connectivity index (χ2n) is 10.5. The molecule has 3 heterocycles. The van der Waals surface area contributed by atoms with Gasteiger partial charge in [-0.2, -0.15) is 5.10 Å². The first-order chi connectivity index (χ1) is 20.4. The van der Waals surface area contributed by atoms with Crippen LogP contribution in [-0.4, -0.2) is 76.1 Å². The first-order valence-electron chi connectivity index (χ1n) is 14.1. The van der Waals surface area contributed by atoms with Crippen LogP contribution in [0.5, 0.6) is 0 Å². The van der Waals surface area contributed by atoms with Crippen molar-refractivity contribution in [3.63, 3.8) is 0 Å². The highest BCUT2D eigenvalue weighted by molar-refractivity contribution is 5.95. The molecular formula is C31H34FN7O3. The zero-order chi connectivity index (χ0) is 29.5. The van der Waals surface area contributed by atoms with Gasteiger partial charge in [-0.3, -0.25) is 19.3 Å². The molecule has 1 saturated heterocycles. The Morgan fingerprint density at radius 3 is 2.52 bits per heavy atom. The molecule has 1 aliphatic rings. The Bertz CT molecular complexity index is 1620. The minimum atomic E-state index is -0.551. The molecule has 11 heteroatoms. The van der Waals surface area contributed by atoms with Crippen LogP contribution in [0.3, 0.4) is 0 Å². The number of nitrogens with one attached hydrogen (secondary N) is 2. The number of hydrogen-bond acceptors (Lipinski definition) is 7. The Kier molecular flexibility index (Phi) is 9.18. The van der Waals surface area contributed by atoms with Gasteiger partial charge >= 0.3 is 0 Å². The third-order valence-electron chi connectivity index (χ3n) is 7.55. The summed E-state index contributed by atoms with van der Waals surface area (Å²) >= 11 is 0. The van der Waals surface area contributed by atoms with E-state index in [4.69, 9.17) is 5.73 Å². The Hall–Kier alpha value is -4.64. The van der Waals surface area contributed by atoms with Crippen molar-refractivity contribution >= 4 is 28.4 Å². The highest BCUT2D eigenvalue weighted by Crippen LogP contribution is 2.20. The third-order valence-corrected chi connectivity index (χ3v) is 7.55. The number of carbonyl (C=O) groups is 2. The van der Waals surface area contributed by atoms with Crippen molar-refractivity contribution in [1.82, 2.24) is 30.3 Å². The van der Waals surface area contributed by atoms with Gasteiger partial charge in [-0.25, -0.2) is 14.5 Å². The predicted octanol–water partition coefficient (Wildman–Crippen LogP) is 2.99. The molecule has 10 nitrogen and oxygen atoms in total. The highest BCUT2D eigenvalue weighted by atomic mass is 19.1. The van der Waals surface area contributed by atoms with Gasteiger partial charge in [0.15, 0.2) is 0 Å². The number of nitrogens with two attached hydrogens (primary N) is 1. The number of fused-ring (bicyclic) bond motifs is 1. The molecule has 218 valence electrons. The SMILES string of the molecule is Nc1ccc(C(=O)NCCCCCN2CCN(C(=O)c3cc(Cc4n[nH]c(=O)c5ccccc45)ccc3F)CC2)cn1. The lowest BCUT2D eigenvalue weighted by Crippen LogP contribution is -2.49. The first-order valence-corrected chi connectivity index (χ1v) is 14.1. The molecule has 0 spiro atoms. The number of amides is 2. The van der Waals surface area contributed by atoms with Gasteiger partial charge in [0.1, 0.15) is 11.6 Å². The molecule has 0 atom stereocenters. The second-order valence-corrected chi connectivity index (χ2v) is 10.5. The van der Waals surface area contributed by atoms with Crippen molar-refractivity contribution in [2.45, 2.75) is 25.7 Å². The van der Waals surface area contributed by atoms with Crippen molar-refractivity contribution in [3.8, 4) is 0 Å². The first kappa shape index (κ1) is 28.9. The summed E-state index contributed by atoms with van der Waals surface area (Å²) in [6, 6.07) is 15.0. The molecule has 2 aromatic carbocycles. The molecule has 4 N–H and O–H groups in total. The molecule has 0 bridgehead atoms. The summed E-state index contributed by atoms with van der Waals surface area (Å²) in [7, 11) is 0. The van der Waals surface area contributed by atoms with Gasteiger partial charge in [-0.05, 0) is 55.3 Å². The second kappa shape index (κ2) is 13.3. The molecule has 2 amide bonds. The molecule has 42 heavy (non-hydrogen) atoms. The number of unbranched alkanes of at least 4 members (excludes halogenated alkanes) is 2. The quantitative estimate of drug-likeness (QED) is 0.249. The zero-order valence-electron chi connectivity index (χ0n) is 23.3. The van der Waals surface area contributed by atoms with Crippen LogP contribution in [0.25, 0.3) is 10.8 Å². The lowest BCUT2D eigenvalue weighted by molar-refractivity contribution is 0.0630. The van der Waals surface area contributed by atoms with E-state index >= 15 is 0 Å². The fourth-order valence-corrected chi connectivity index (χ4v) is 5.17. The van der Waals surface area contributed by atoms with Crippen molar-refractivity contribution < 1.29 is 14.0 Å². The molecular weight excluding hydrogens is 537 g/mol. The lowest BCUT2D eigenvalue weighted by atomic mass is 10.0. The van der Waals surface area contributed by atoms with Crippen molar-refractivity contribution in [2.24, 2.45) is 0 Å². The zero-order valence-corrected chi connectivity index (χ0v) is 23.3. The molecule has 0 radical (unpaired) electrons. The fourth-order valence-electron chi connectivity index (χ4n) is 5.17. The minimum Gasteiger partial charge on any atom is -0.384 e. The number of benzene rings is 2. The number of piperazine rings is 1. The van der Waals surface area contributed by atoms with E-state index in [9.17, 15) is 18.8 Å². The van der Waals surface area contributed by atoms with Gasteiger partial charge < -0.3 is 16.0 Å².